The predicted molar refractivity (Wildman–Crippen MR) is 114 cm³/mol. The zero-order valence-corrected chi connectivity index (χ0v) is 18.0. The Balaban J connectivity index is 1.27. The Morgan fingerprint density at radius 2 is 1.55 bits per heavy atom. The highest BCUT2D eigenvalue weighted by Gasteiger charge is 2.37. The van der Waals surface area contributed by atoms with Gasteiger partial charge in [-0.3, -0.25) is 14.5 Å². The number of carbonyl (C=O) groups excluding carboxylic acids is 2. The van der Waals surface area contributed by atoms with E-state index >= 15 is 0 Å². The van der Waals surface area contributed by atoms with Crippen LogP contribution >= 0.6 is 15.9 Å². The molecule has 0 atom stereocenters. The zero-order chi connectivity index (χ0) is 20.4. The largest absolute Gasteiger partial charge is 0.496 e. The van der Waals surface area contributed by atoms with Gasteiger partial charge in [0.15, 0.2) is 0 Å². The Kier molecular flexibility index (Phi) is 5.87. The van der Waals surface area contributed by atoms with Crippen LogP contribution in [0.25, 0.3) is 0 Å². The van der Waals surface area contributed by atoms with Crippen molar-refractivity contribution in [3.63, 3.8) is 0 Å². The summed E-state index contributed by atoms with van der Waals surface area (Å²) in [5, 5.41) is 0. The molecule has 6 nitrogen and oxygen atoms in total. The van der Waals surface area contributed by atoms with Gasteiger partial charge in [0.1, 0.15) is 5.75 Å². The summed E-state index contributed by atoms with van der Waals surface area (Å²) in [4.78, 5) is 31.5. The van der Waals surface area contributed by atoms with E-state index in [1.807, 2.05) is 46.2 Å². The summed E-state index contributed by atoms with van der Waals surface area (Å²) in [5.41, 5.74) is 1.40. The molecule has 4 rings (SSSR count). The summed E-state index contributed by atoms with van der Waals surface area (Å²) in [6.45, 7) is 4.61. The number of benzene rings is 2. The van der Waals surface area contributed by atoms with Crippen molar-refractivity contribution < 1.29 is 14.3 Å². The molecule has 152 valence electrons. The number of rotatable bonds is 4. The first-order valence-corrected chi connectivity index (χ1v) is 10.6. The number of likely N-dealkylation sites (tertiary alicyclic amines) is 1. The number of nitrogens with zero attached hydrogens (tertiary/aromatic N) is 3. The number of methoxy groups -OCH3 is 1. The quantitative estimate of drug-likeness (QED) is 0.708. The first kappa shape index (κ1) is 19.9. The van der Waals surface area contributed by atoms with E-state index in [1.54, 1.807) is 19.2 Å². The van der Waals surface area contributed by atoms with Crippen molar-refractivity contribution in [1.29, 1.82) is 0 Å². The van der Waals surface area contributed by atoms with E-state index in [4.69, 9.17) is 4.74 Å². The molecule has 0 radical (unpaired) electrons. The molecule has 2 aliphatic rings. The Morgan fingerprint density at radius 1 is 0.897 bits per heavy atom. The van der Waals surface area contributed by atoms with Crippen LogP contribution in [0.2, 0.25) is 0 Å². The molecule has 0 saturated carbocycles. The first-order chi connectivity index (χ1) is 14.1. The first-order valence-electron chi connectivity index (χ1n) is 9.78. The van der Waals surface area contributed by atoms with E-state index in [9.17, 15) is 9.59 Å². The summed E-state index contributed by atoms with van der Waals surface area (Å²) < 4.78 is 6.00. The molecule has 7 heteroatoms. The lowest BCUT2D eigenvalue weighted by atomic mass is 10.0. The maximum atomic E-state index is 12.7. The average molecular weight is 458 g/mol. The van der Waals surface area contributed by atoms with Crippen molar-refractivity contribution >= 4 is 27.7 Å². The topological polar surface area (TPSA) is 53.1 Å². The lowest BCUT2D eigenvalue weighted by molar-refractivity contribution is 0.00853. The Hall–Kier alpha value is -2.38. The van der Waals surface area contributed by atoms with Crippen molar-refractivity contribution in [3.05, 3.63) is 64.1 Å². The molecule has 0 bridgehead atoms. The normalized spacial score (nSPS) is 17.7. The maximum Gasteiger partial charge on any atom is 0.254 e. The third kappa shape index (κ3) is 4.16. The van der Waals surface area contributed by atoms with Gasteiger partial charge in [0.05, 0.1) is 11.6 Å². The van der Waals surface area contributed by atoms with Crippen molar-refractivity contribution in [2.75, 3.05) is 46.4 Å². The van der Waals surface area contributed by atoms with Gasteiger partial charge >= 0.3 is 0 Å². The highest BCUT2D eigenvalue weighted by Crippen LogP contribution is 2.27. The molecule has 0 aromatic heterocycles. The van der Waals surface area contributed by atoms with E-state index in [1.165, 1.54) is 0 Å². The second-order valence-electron chi connectivity index (χ2n) is 7.41. The van der Waals surface area contributed by atoms with Crippen molar-refractivity contribution in [3.8, 4) is 5.75 Å². The molecule has 29 heavy (non-hydrogen) atoms. The minimum Gasteiger partial charge on any atom is -0.496 e. The molecule has 2 saturated heterocycles. The van der Waals surface area contributed by atoms with Gasteiger partial charge in [-0.25, -0.2) is 0 Å². The van der Waals surface area contributed by atoms with Gasteiger partial charge in [-0.05, 0) is 46.3 Å². The number of halogens is 1. The molecule has 2 aromatic carbocycles. The van der Waals surface area contributed by atoms with Crippen LogP contribution in [0.15, 0.2) is 53.0 Å². The fourth-order valence-electron chi connectivity index (χ4n) is 3.89. The van der Waals surface area contributed by atoms with Crippen LogP contribution in [-0.2, 0) is 0 Å². The Morgan fingerprint density at radius 3 is 2.17 bits per heavy atom. The molecule has 2 aromatic rings. The average Bonchev–Trinajstić information content (AvgIpc) is 2.73. The van der Waals surface area contributed by atoms with Gasteiger partial charge in [0.2, 0.25) is 0 Å². The van der Waals surface area contributed by atoms with Crippen LogP contribution in [0.3, 0.4) is 0 Å². The summed E-state index contributed by atoms with van der Waals surface area (Å²) >= 11 is 3.44. The summed E-state index contributed by atoms with van der Waals surface area (Å²) in [6, 6.07) is 15.2. The van der Waals surface area contributed by atoms with Crippen LogP contribution in [0.5, 0.6) is 5.75 Å². The second kappa shape index (κ2) is 8.55. The van der Waals surface area contributed by atoms with Gasteiger partial charge in [-0.2, -0.15) is 0 Å². The molecular formula is C22H24BrN3O3. The lowest BCUT2D eigenvalue weighted by Crippen LogP contribution is -2.64. The molecule has 0 unspecified atom stereocenters. The van der Waals surface area contributed by atoms with Crippen LogP contribution in [0.1, 0.15) is 20.7 Å². The van der Waals surface area contributed by atoms with Crippen molar-refractivity contribution in [1.82, 2.24) is 14.7 Å². The molecule has 2 heterocycles. The van der Waals surface area contributed by atoms with Crippen LogP contribution in [-0.4, -0.2) is 78.9 Å². The highest BCUT2D eigenvalue weighted by atomic mass is 79.9. The van der Waals surface area contributed by atoms with E-state index in [0.717, 1.165) is 49.3 Å². The molecular weight excluding hydrogens is 434 g/mol. The smallest absolute Gasteiger partial charge is 0.254 e. The minimum atomic E-state index is 0.0440. The van der Waals surface area contributed by atoms with Crippen LogP contribution in [0.4, 0.5) is 0 Å². The minimum absolute atomic E-state index is 0.0440. The summed E-state index contributed by atoms with van der Waals surface area (Å²) in [6.07, 6.45) is 0. The third-order valence-corrected chi connectivity index (χ3v) is 6.31. The lowest BCUT2D eigenvalue weighted by Gasteiger charge is -2.48. The van der Waals surface area contributed by atoms with E-state index in [2.05, 4.69) is 20.8 Å². The predicted octanol–water partition coefficient (Wildman–Crippen LogP) is 2.74. The number of hydrogen-bond donors (Lipinski definition) is 0. The summed E-state index contributed by atoms with van der Waals surface area (Å²) in [5.74, 6) is 0.856. The second-order valence-corrected chi connectivity index (χ2v) is 8.26. The number of amides is 2. The fourth-order valence-corrected chi connectivity index (χ4v) is 4.43. The van der Waals surface area contributed by atoms with Crippen molar-refractivity contribution in [2.45, 2.75) is 6.04 Å². The number of hydrogen-bond acceptors (Lipinski definition) is 4. The van der Waals surface area contributed by atoms with Gasteiger partial charge in [0.25, 0.3) is 11.8 Å². The monoisotopic (exact) mass is 457 g/mol. The zero-order valence-electron chi connectivity index (χ0n) is 16.4. The molecule has 0 spiro atoms. The highest BCUT2D eigenvalue weighted by molar-refractivity contribution is 9.10. The van der Waals surface area contributed by atoms with Gasteiger partial charge in [-0.1, -0.05) is 18.2 Å². The molecule has 2 fully saturated rings. The van der Waals surface area contributed by atoms with E-state index in [0.29, 0.717) is 17.4 Å². The van der Waals surface area contributed by atoms with E-state index in [-0.39, 0.29) is 11.8 Å². The maximum absolute atomic E-state index is 12.7. The SMILES string of the molecule is COc1ccc(C(=O)N2CC(N3CCN(C(=O)c4ccccc4)CC3)C2)cc1Br. The van der Waals surface area contributed by atoms with Gasteiger partial charge in [0, 0.05) is 56.4 Å². The Bertz CT molecular complexity index is 891. The van der Waals surface area contributed by atoms with Crippen molar-refractivity contribution in [2.24, 2.45) is 0 Å². The van der Waals surface area contributed by atoms with Gasteiger partial charge < -0.3 is 14.5 Å². The molecule has 2 amide bonds. The Labute approximate surface area is 179 Å². The van der Waals surface area contributed by atoms with Gasteiger partial charge in [-0.15, -0.1) is 0 Å². The molecule has 2 aliphatic heterocycles. The van der Waals surface area contributed by atoms with Crippen LogP contribution in [0, 0.1) is 0 Å². The summed E-state index contributed by atoms with van der Waals surface area (Å²) in [7, 11) is 1.61. The number of piperazine rings is 1. The molecule has 0 N–H and O–H groups in total. The number of carbonyl (C=O) groups is 2. The number of ether oxygens (including phenoxy) is 1. The van der Waals surface area contributed by atoms with E-state index < -0.39 is 0 Å². The standard InChI is InChI=1S/C22H24BrN3O3/c1-29-20-8-7-17(13-19(20)23)22(28)26-14-18(15-26)24-9-11-25(12-10-24)21(27)16-5-3-2-4-6-16/h2-8,13,18H,9-12,14-15H2,1H3. The van der Waals surface area contributed by atoms with Crippen LogP contribution < -0.4 is 4.74 Å². The third-order valence-electron chi connectivity index (χ3n) is 5.69. The molecule has 0 aliphatic carbocycles. The fraction of sp³-hybridized carbons (Fsp3) is 0.364.